The van der Waals surface area contributed by atoms with Crippen molar-refractivity contribution in [1.82, 2.24) is 9.97 Å². The maximum atomic E-state index is 5.11. The Balaban J connectivity index is 3.80. The van der Waals surface area contributed by atoms with Gasteiger partial charge in [0.1, 0.15) is 23.1 Å². The molecule has 1 aromatic heterocycles. The molecule has 0 fully saturated rings. The molecule has 1 heterocycles. The van der Waals surface area contributed by atoms with Gasteiger partial charge in [-0.2, -0.15) is 0 Å². The number of hydrogen-bond acceptors (Lipinski definition) is 6. The normalized spacial score (nSPS) is 14.0. The second-order valence-electron chi connectivity index (χ2n) is 3.97. The zero-order chi connectivity index (χ0) is 16.5. The SMILES string of the molecule is C=N/C=C(\N=C)c1nc(NC)c(=C/C(Br)=C\C)/c(=C/OC)n1. The van der Waals surface area contributed by atoms with E-state index < -0.39 is 0 Å². The second kappa shape index (κ2) is 8.89. The number of anilines is 1. The minimum atomic E-state index is 0.379. The lowest BCUT2D eigenvalue weighted by Crippen LogP contribution is -2.33. The van der Waals surface area contributed by atoms with Crippen LogP contribution in [0.15, 0.2) is 26.7 Å². The third-order valence-electron chi connectivity index (χ3n) is 2.61. The van der Waals surface area contributed by atoms with Crippen molar-refractivity contribution in [2.75, 3.05) is 19.5 Å². The lowest BCUT2D eigenvalue weighted by Gasteiger charge is -2.06. The van der Waals surface area contributed by atoms with Gasteiger partial charge in [-0.1, -0.05) is 22.0 Å². The summed E-state index contributed by atoms with van der Waals surface area (Å²) >= 11 is 3.45. The highest BCUT2D eigenvalue weighted by Crippen LogP contribution is 2.10. The molecule has 0 aliphatic carbocycles. The predicted octanol–water partition coefficient (Wildman–Crippen LogP) is 1.68. The minimum absolute atomic E-state index is 0.379. The average molecular weight is 364 g/mol. The standard InChI is InChI=1S/C15H18BrN5O/c1-6-10(16)7-11-13(9-22-5)20-15(21-14(11)19-4)12(18-3)8-17-2/h6-9H,2-3H2,1,4-5H3,(H,19,20,21)/b10-6+,11-7+,12-8-,13-9-. The van der Waals surface area contributed by atoms with E-state index in [1.165, 1.54) is 12.5 Å². The van der Waals surface area contributed by atoms with Crippen molar-refractivity contribution in [2.45, 2.75) is 6.92 Å². The Kier molecular flexibility index (Phi) is 7.18. The molecular weight excluding hydrogens is 346 g/mol. The van der Waals surface area contributed by atoms with Crippen LogP contribution in [0.3, 0.4) is 0 Å². The molecule has 0 saturated heterocycles. The van der Waals surface area contributed by atoms with Crippen molar-refractivity contribution in [3.8, 4) is 0 Å². The number of nitrogens with zero attached hydrogens (tertiary/aromatic N) is 4. The van der Waals surface area contributed by atoms with Crippen molar-refractivity contribution in [3.63, 3.8) is 0 Å². The van der Waals surface area contributed by atoms with E-state index in [9.17, 15) is 0 Å². The van der Waals surface area contributed by atoms with E-state index in [4.69, 9.17) is 4.74 Å². The van der Waals surface area contributed by atoms with Crippen LogP contribution >= 0.6 is 15.9 Å². The van der Waals surface area contributed by atoms with E-state index in [0.717, 1.165) is 9.70 Å². The number of ether oxygens (including phenoxy) is 1. The number of allylic oxidation sites excluding steroid dienone is 2. The van der Waals surface area contributed by atoms with Gasteiger partial charge in [-0.05, 0) is 26.4 Å². The molecule has 0 saturated carbocycles. The summed E-state index contributed by atoms with van der Waals surface area (Å²) in [6.07, 6.45) is 6.80. The van der Waals surface area contributed by atoms with E-state index in [1.807, 2.05) is 19.1 Å². The highest BCUT2D eigenvalue weighted by atomic mass is 79.9. The Bertz CT molecular complexity index is 737. The highest BCUT2D eigenvalue weighted by molar-refractivity contribution is 9.12. The Labute approximate surface area is 137 Å². The van der Waals surface area contributed by atoms with E-state index in [0.29, 0.717) is 22.7 Å². The van der Waals surface area contributed by atoms with Crippen molar-refractivity contribution >= 4 is 53.2 Å². The van der Waals surface area contributed by atoms with Crippen molar-refractivity contribution < 1.29 is 4.74 Å². The summed E-state index contributed by atoms with van der Waals surface area (Å²) in [5.74, 6) is 1.01. The van der Waals surface area contributed by atoms with Crippen molar-refractivity contribution in [2.24, 2.45) is 9.98 Å². The summed E-state index contributed by atoms with van der Waals surface area (Å²) in [6, 6.07) is 0. The molecular formula is C15H18BrN5O. The van der Waals surface area contributed by atoms with Crippen LogP contribution in [0.1, 0.15) is 12.7 Å². The largest absolute Gasteiger partial charge is 0.502 e. The van der Waals surface area contributed by atoms with Crippen molar-refractivity contribution in [3.05, 3.63) is 33.2 Å². The van der Waals surface area contributed by atoms with Crippen LogP contribution in [-0.2, 0) is 4.74 Å². The summed E-state index contributed by atoms with van der Waals surface area (Å²) in [5.41, 5.74) is 0.425. The molecule has 116 valence electrons. The van der Waals surface area contributed by atoms with Gasteiger partial charge in [0.05, 0.1) is 13.3 Å². The van der Waals surface area contributed by atoms with Crippen LogP contribution in [0.2, 0.25) is 0 Å². The molecule has 7 heteroatoms. The number of halogens is 1. The predicted molar refractivity (Wildman–Crippen MR) is 96.5 cm³/mol. The van der Waals surface area contributed by atoms with E-state index >= 15 is 0 Å². The molecule has 0 aromatic carbocycles. The number of rotatable bonds is 6. The van der Waals surface area contributed by atoms with Gasteiger partial charge in [0.15, 0.2) is 5.82 Å². The Morgan fingerprint density at radius 1 is 1.36 bits per heavy atom. The first kappa shape index (κ1) is 17.8. The number of aliphatic imine (C=N–C) groups is 2. The third-order valence-corrected chi connectivity index (χ3v) is 3.30. The van der Waals surface area contributed by atoms with Crippen LogP contribution in [0.4, 0.5) is 5.82 Å². The molecule has 1 rings (SSSR count). The Hall–Kier alpha value is -2.28. The molecule has 22 heavy (non-hydrogen) atoms. The molecule has 0 unspecified atom stereocenters. The first-order valence-corrected chi connectivity index (χ1v) is 7.16. The molecule has 0 radical (unpaired) electrons. The number of methoxy groups -OCH3 is 1. The highest BCUT2D eigenvalue weighted by Gasteiger charge is 2.08. The monoisotopic (exact) mass is 363 g/mol. The molecule has 0 aliphatic heterocycles. The fourth-order valence-electron chi connectivity index (χ4n) is 1.61. The van der Waals surface area contributed by atoms with Gasteiger partial charge in [-0.15, -0.1) is 0 Å². The van der Waals surface area contributed by atoms with Crippen molar-refractivity contribution in [1.29, 1.82) is 0 Å². The van der Waals surface area contributed by atoms with E-state index in [-0.39, 0.29) is 0 Å². The quantitative estimate of drug-likeness (QED) is 0.780. The van der Waals surface area contributed by atoms with Gasteiger partial charge in [-0.25, -0.2) is 9.97 Å². The van der Waals surface area contributed by atoms with Crippen LogP contribution < -0.4 is 15.9 Å². The summed E-state index contributed by atoms with van der Waals surface area (Å²) < 4.78 is 6.01. The maximum Gasteiger partial charge on any atom is 0.182 e. The van der Waals surface area contributed by atoms with Crippen LogP contribution in [0, 0.1) is 0 Å². The molecule has 0 bridgehead atoms. The van der Waals surface area contributed by atoms with Gasteiger partial charge < -0.3 is 10.1 Å². The van der Waals surface area contributed by atoms with Gasteiger partial charge in [-0.3, -0.25) is 9.98 Å². The number of aromatic nitrogens is 2. The lowest BCUT2D eigenvalue weighted by molar-refractivity contribution is 0.390. The number of hydrogen-bond donors (Lipinski definition) is 1. The van der Waals surface area contributed by atoms with E-state index in [2.05, 4.69) is 54.6 Å². The molecule has 1 aromatic rings. The molecule has 0 amide bonds. The van der Waals surface area contributed by atoms with Gasteiger partial charge in [0, 0.05) is 16.7 Å². The third kappa shape index (κ3) is 4.36. The summed E-state index contributed by atoms with van der Waals surface area (Å²) in [6.45, 7) is 8.83. The molecule has 0 spiro atoms. The van der Waals surface area contributed by atoms with Gasteiger partial charge >= 0.3 is 0 Å². The zero-order valence-corrected chi connectivity index (χ0v) is 14.4. The molecule has 0 atom stereocenters. The van der Waals surface area contributed by atoms with Gasteiger partial charge in [0.2, 0.25) is 0 Å². The van der Waals surface area contributed by atoms with Crippen LogP contribution in [0.25, 0.3) is 18.0 Å². The average Bonchev–Trinajstić information content (AvgIpc) is 2.53. The molecule has 1 N–H and O–H groups in total. The zero-order valence-electron chi connectivity index (χ0n) is 12.8. The lowest BCUT2D eigenvalue weighted by atomic mass is 10.3. The first-order valence-electron chi connectivity index (χ1n) is 6.36. The number of nitrogens with one attached hydrogen (secondary N) is 1. The maximum absolute atomic E-state index is 5.11. The Morgan fingerprint density at radius 3 is 2.59 bits per heavy atom. The molecule has 0 aliphatic rings. The minimum Gasteiger partial charge on any atom is -0.502 e. The van der Waals surface area contributed by atoms with Crippen LogP contribution in [-0.4, -0.2) is 37.6 Å². The van der Waals surface area contributed by atoms with E-state index in [1.54, 1.807) is 14.2 Å². The topological polar surface area (TPSA) is 71.8 Å². The molecule has 6 nitrogen and oxygen atoms in total. The Morgan fingerprint density at radius 2 is 2.09 bits per heavy atom. The summed E-state index contributed by atoms with van der Waals surface area (Å²) in [7, 11) is 3.34. The first-order chi connectivity index (χ1) is 10.6. The smallest absolute Gasteiger partial charge is 0.182 e. The fraction of sp³-hybridized carbons (Fsp3) is 0.200. The van der Waals surface area contributed by atoms with Crippen LogP contribution in [0.5, 0.6) is 0 Å². The fourth-order valence-corrected chi connectivity index (χ4v) is 1.84. The summed E-state index contributed by atoms with van der Waals surface area (Å²) in [4.78, 5) is 16.4. The van der Waals surface area contributed by atoms with Gasteiger partial charge in [0.25, 0.3) is 0 Å². The summed E-state index contributed by atoms with van der Waals surface area (Å²) in [5, 5.41) is 4.43. The second-order valence-corrected chi connectivity index (χ2v) is 4.89.